The minimum Gasteiger partial charge on any atom is -0.355 e. The zero-order valence-electron chi connectivity index (χ0n) is 14.5. The lowest BCUT2D eigenvalue weighted by molar-refractivity contribution is -0.122. The SMILES string of the molecule is CCNC(=O)CN1CCN(C(=O)c2sc3cccc(F)c3c2C)CC1. The summed E-state index contributed by atoms with van der Waals surface area (Å²) in [5.74, 6) is -0.314. The first kappa shape index (κ1) is 17.8. The normalized spacial score (nSPS) is 15.6. The van der Waals surface area contributed by atoms with E-state index in [1.54, 1.807) is 17.9 Å². The number of amides is 2. The standard InChI is InChI=1S/C18H22FN3O2S/c1-3-20-15(23)11-21-7-9-22(10-8-21)18(24)17-12(2)16-13(19)5-4-6-14(16)25-17/h4-6H,3,7-11H2,1-2H3,(H,20,23). The van der Waals surface area contributed by atoms with Gasteiger partial charge in [-0.3, -0.25) is 14.5 Å². The summed E-state index contributed by atoms with van der Waals surface area (Å²) in [6, 6.07) is 4.94. The molecule has 1 N–H and O–H groups in total. The lowest BCUT2D eigenvalue weighted by Gasteiger charge is -2.34. The van der Waals surface area contributed by atoms with Gasteiger partial charge in [0.2, 0.25) is 5.91 Å². The number of piperazine rings is 1. The highest BCUT2D eigenvalue weighted by Crippen LogP contribution is 2.33. The molecule has 1 fully saturated rings. The fraction of sp³-hybridized carbons (Fsp3) is 0.444. The molecule has 3 rings (SSSR count). The summed E-state index contributed by atoms with van der Waals surface area (Å²) in [5, 5.41) is 3.33. The van der Waals surface area contributed by atoms with Crippen molar-refractivity contribution in [1.29, 1.82) is 0 Å². The zero-order chi connectivity index (χ0) is 18.0. The molecule has 1 aliphatic heterocycles. The molecule has 0 radical (unpaired) electrons. The maximum Gasteiger partial charge on any atom is 0.264 e. The van der Waals surface area contributed by atoms with Crippen LogP contribution in [0.15, 0.2) is 18.2 Å². The number of fused-ring (bicyclic) bond motifs is 1. The molecular formula is C18H22FN3O2S. The predicted octanol–water partition coefficient (Wildman–Crippen LogP) is 2.24. The molecular weight excluding hydrogens is 341 g/mol. The van der Waals surface area contributed by atoms with E-state index in [1.165, 1.54) is 17.4 Å². The Morgan fingerprint density at radius 1 is 1.24 bits per heavy atom. The third-order valence-corrected chi connectivity index (χ3v) is 5.74. The van der Waals surface area contributed by atoms with Crippen LogP contribution in [0.4, 0.5) is 4.39 Å². The summed E-state index contributed by atoms with van der Waals surface area (Å²) in [6.07, 6.45) is 0. The number of likely N-dealkylation sites (N-methyl/N-ethyl adjacent to an activating group) is 1. The lowest BCUT2D eigenvalue weighted by Crippen LogP contribution is -2.51. The van der Waals surface area contributed by atoms with Gasteiger partial charge >= 0.3 is 0 Å². The summed E-state index contributed by atoms with van der Waals surface area (Å²) < 4.78 is 14.8. The van der Waals surface area contributed by atoms with Crippen molar-refractivity contribution in [1.82, 2.24) is 15.1 Å². The Morgan fingerprint density at radius 3 is 2.60 bits per heavy atom. The van der Waals surface area contributed by atoms with Crippen molar-refractivity contribution >= 4 is 33.2 Å². The molecule has 1 saturated heterocycles. The molecule has 134 valence electrons. The first-order valence-electron chi connectivity index (χ1n) is 8.47. The van der Waals surface area contributed by atoms with E-state index in [0.29, 0.717) is 55.1 Å². The third-order valence-electron chi connectivity index (χ3n) is 4.50. The molecule has 0 aliphatic carbocycles. The van der Waals surface area contributed by atoms with Crippen LogP contribution in [0.25, 0.3) is 10.1 Å². The smallest absolute Gasteiger partial charge is 0.264 e. The molecule has 5 nitrogen and oxygen atoms in total. The summed E-state index contributed by atoms with van der Waals surface area (Å²) >= 11 is 1.35. The number of carbonyl (C=O) groups is 2. The number of halogens is 1. The molecule has 0 unspecified atom stereocenters. The first-order chi connectivity index (χ1) is 12.0. The molecule has 1 aromatic heterocycles. The average molecular weight is 363 g/mol. The van der Waals surface area contributed by atoms with Gasteiger partial charge in [0.25, 0.3) is 5.91 Å². The van der Waals surface area contributed by atoms with Crippen LogP contribution in [0, 0.1) is 12.7 Å². The van der Waals surface area contributed by atoms with Crippen LogP contribution < -0.4 is 5.32 Å². The lowest BCUT2D eigenvalue weighted by atomic mass is 10.1. The van der Waals surface area contributed by atoms with Gasteiger partial charge in [-0.25, -0.2) is 4.39 Å². The highest BCUT2D eigenvalue weighted by molar-refractivity contribution is 7.21. The molecule has 2 aromatic rings. The topological polar surface area (TPSA) is 52.7 Å². The number of rotatable bonds is 4. The second-order valence-electron chi connectivity index (χ2n) is 6.19. The number of carbonyl (C=O) groups excluding carboxylic acids is 2. The van der Waals surface area contributed by atoms with Gasteiger partial charge in [-0.15, -0.1) is 11.3 Å². The van der Waals surface area contributed by atoms with Crippen LogP contribution >= 0.6 is 11.3 Å². The van der Waals surface area contributed by atoms with Crippen molar-refractivity contribution in [2.45, 2.75) is 13.8 Å². The fourth-order valence-corrected chi connectivity index (χ4v) is 4.36. The zero-order valence-corrected chi connectivity index (χ0v) is 15.3. The van der Waals surface area contributed by atoms with Crippen molar-refractivity contribution in [3.05, 3.63) is 34.5 Å². The third kappa shape index (κ3) is 3.67. The van der Waals surface area contributed by atoms with E-state index >= 15 is 0 Å². The Balaban J connectivity index is 1.68. The van der Waals surface area contributed by atoms with Crippen LogP contribution in [-0.4, -0.2) is 60.9 Å². The van der Waals surface area contributed by atoms with Gasteiger partial charge in [-0.2, -0.15) is 0 Å². The Hall–Kier alpha value is -1.99. The highest BCUT2D eigenvalue weighted by Gasteiger charge is 2.26. The molecule has 1 aromatic carbocycles. The number of hydrogen-bond acceptors (Lipinski definition) is 4. The second kappa shape index (κ2) is 7.49. The maximum absolute atomic E-state index is 14.0. The van der Waals surface area contributed by atoms with Gasteiger partial charge in [0.05, 0.1) is 11.4 Å². The van der Waals surface area contributed by atoms with Gasteiger partial charge in [-0.1, -0.05) is 6.07 Å². The number of hydrogen-bond donors (Lipinski definition) is 1. The Labute approximate surface area is 150 Å². The van der Waals surface area contributed by atoms with Crippen LogP contribution in [0.2, 0.25) is 0 Å². The van der Waals surface area contributed by atoms with Crippen molar-refractivity contribution in [3.8, 4) is 0 Å². The summed E-state index contributed by atoms with van der Waals surface area (Å²) in [4.78, 5) is 29.0. The molecule has 1 aliphatic rings. The molecule has 7 heteroatoms. The number of aryl methyl sites for hydroxylation is 1. The monoisotopic (exact) mass is 363 g/mol. The molecule has 0 atom stereocenters. The van der Waals surface area contributed by atoms with Gasteiger partial charge in [-0.05, 0) is 31.5 Å². The van der Waals surface area contributed by atoms with E-state index in [2.05, 4.69) is 5.32 Å². The summed E-state index contributed by atoms with van der Waals surface area (Å²) in [6.45, 7) is 7.18. The Bertz CT molecular complexity index is 797. The van der Waals surface area contributed by atoms with Crippen molar-refractivity contribution in [3.63, 3.8) is 0 Å². The number of benzene rings is 1. The molecule has 2 amide bonds. The largest absolute Gasteiger partial charge is 0.355 e. The van der Waals surface area contributed by atoms with E-state index < -0.39 is 0 Å². The minimum atomic E-state index is -0.281. The number of nitrogens with one attached hydrogen (secondary N) is 1. The maximum atomic E-state index is 14.0. The Kier molecular flexibility index (Phi) is 5.34. The highest BCUT2D eigenvalue weighted by atomic mass is 32.1. The van der Waals surface area contributed by atoms with E-state index in [4.69, 9.17) is 0 Å². The van der Waals surface area contributed by atoms with Gasteiger partial charge in [0, 0.05) is 42.8 Å². The Morgan fingerprint density at radius 2 is 1.96 bits per heavy atom. The molecule has 2 heterocycles. The molecule has 25 heavy (non-hydrogen) atoms. The van der Waals surface area contributed by atoms with Crippen molar-refractivity contribution in [2.24, 2.45) is 0 Å². The van der Waals surface area contributed by atoms with Crippen LogP contribution in [0.1, 0.15) is 22.2 Å². The van der Waals surface area contributed by atoms with E-state index in [-0.39, 0.29) is 17.6 Å². The average Bonchev–Trinajstić information content (AvgIpc) is 2.93. The predicted molar refractivity (Wildman–Crippen MR) is 97.5 cm³/mol. The number of nitrogens with zero attached hydrogens (tertiary/aromatic N) is 2. The van der Waals surface area contributed by atoms with E-state index in [9.17, 15) is 14.0 Å². The minimum absolute atomic E-state index is 0.0121. The van der Waals surface area contributed by atoms with E-state index in [1.807, 2.05) is 17.9 Å². The molecule has 0 saturated carbocycles. The van der Waals surface area contributed by atoms with Crippen molar-refractivity contribution < 1.29 is 14.0 Å². The van der Waals surface area contributed by atoms with Crippen LogP contribution in [0.5, 0.6) is 0 Å². The first-order valence-corrected chi connectivity index (χ1v) is 9.28. The quantitative estimate of drug-likeness (QED) is 0.906. The number of thiophene rings is 1. The van der Waals surface area contributed by atoms with E-state index in [0.717, 1.165) is 4.70 Å². The molecule has 0 bridgehead atoms. The molecule has 0 spiro atoms. The van der Waals surface area contributed by atoms with Gasteiger partial charge < -0.3 is 10.2 Å². The summed E-state index contributed by atoms with van der Waals surface area (Å²) in [5.41, 5.74) is 0.716. The summed E-state index contributed by atoms with van der Waals surface area (Å²) in [7, 11) is 0. The van der Waals surface area contributed by atoms with Crippen LogP contribution in [0.3, 0.4) is 0 Å². The fourth-order valence-electron chi connectivity index (χ4n) is 3.17. The van der Waals surface area contributed by atoms with Gasteiger partial charge in [0.1, 0.15) is 5.82 Å². The van der Waals surface area contributed by atoms with Gasteiger partial charge in [0.15, 0.2) is 0 Å². The van der Waals surface area contributed by atoms with Crippen LogP contribution in [-0.2, 0) is 4.79 Å². The van der Waals surface area contributed by atoms with Crippen molar-refractivity contribution in [2.75, 3.05) is 39.3 Å². The second-order valence-corrected chi connectivity index (χ2v) is 7.24.